The summed E-state index contributed by atoms with van der Waals surface area (Å²) in [4.78, 5) is 10.3. The van der Waals surface area contributed by atoms with Crippen molar-refractivity contribution in [3.05, 3.63) is 16.6 Å². The van der Waals surface area contributed by atoms with Crippen molar-refractivity contribution in [2.75, 3.05) is 0 Å². The second-order valence-corrected chi connectivity index (χ2v) is 3.62. The van der Waals surface area contributed by atoms with Gasteiger partial charge in [0.2, 0.25) is 0 Å². The SMILES string of the molecule is O=C(O)Oc1cc2c(cc1Br)OC(F)(F)O2. The summed E-state index contributed by atoms with van der Waals surface area (Å²) in [6.45, 7) is 0. The summed E-state index contributed by atoms with van der Waals surface area (Å²) in [6, 6.07) is 2.13. The van der Waals surface area contributed by atoms with Crippen molar-refractivity contribution in [2.24, 2.45) is 0 Å². The Bertz CT molecular complexity index is 462. The van der Waals surface area contributed by atoms with Crippen LogP contribution in [0, 0.1) is 0 Å². The third-order valence-electron chi connectivity index (χ3n) is 1.65. The lowest BCUT2D eigenvalue weighted by Gasteiger charge is -2.04. The van der Waals surface area contributed by atoms with Crippen LogP contribution in [0.3, 0.4) is 0 Å². The van der Waals surface area contributed by atoms with E-state index in [9.17, 15) is 13.6 Å². The third kappa shape index (κ3) is 2.01. The van der Waals surface area contributed by atoms with E-state index in [1.54, 1.807) is 0 Å². The molecule has 2 rings (SSSR count). The molecule has 1 heterocycles. The van der Waals surface area contributed by atoms with Gasteiger partial charge in [-0.05, 0) is 15.9 Å². The van der Waals surface area contributed by atoms with E-state index in [1.165, 1.54) is 0 Å². The maximum atomic E-state index is 12.6. The van der Waals surface area contributed by atoms with E-state index in [0.717, 1.165) is 12.1 Å². The topological polar surface area (TPSA) is 65.0 Å². The minimum absolute atomic E-state index is 0.160. The van der Waals surface area contributed by atoms with Gasteiger partial charge in [0.1, 0.15) is 0 Å². The van der Waals surface area contributed by atoms with Gasteiger partial charge >= 0.3 is 12.5 Å². The van der Waals surface area contributed by atoms with E-state index in [-0.39, 0.29) is 21.7 Å². The highest BCUT2D eigenvalue weighted by Gasteiger charge is 2.44. The molecule has 8 heteroatoms. The fourth-order valence-corrected chi connectivity index (χ4v) is 1.53. The molecule has 0 saturated heterocycles. The molecule has 0 saturated carbocycles. The van der Waals surface area contributed by atoms with Gasteiger partial charge in [-0.2, -0.15) is 0 Å². The highest BCUT2D eigenvalue weighted by Crippen LogP contribution is 2.45. The summed E-state index contributed by atoms with van der Waals surface area (Å²) in [5.74, 6) is -0.647. The normalized spacial score (nSPS) is 15.9. The number of rotatable bonds is 1. The van der Waals surface area contributed by atoms with Crippen molar-refractivity contribution >= 4 is 22.1 Å². The number of ether oxygens (including phenoxy) is 3. The number of carboxylic acid groups (broad SMARTS) is 1. The fourth-order valence-electron chi connectivity index (χ4n) is 1.13. The van der Waals surface area contributed by atoms with Gasteiger partial charge in [-0.25, -0.2) is 4.79 Å². The first-order chi connectivity index (χ1) is 7.37. The van der Waals surface area contributed by atoms with Crippen molar-refractivity contribution in [2.45, 2.75) is 6.29 Å². The monoisotopic (exact) mass is 296 g/mol. The maximum absolute atomic E-state index is 12.6. The van der Waals surface area contributed by atoms with Crippen LogP contribution in [0.1, 0.15) is 0 Å². The Morgan fingerprint density at radius 2 is 1.94 bits per heavy atom. The predicted molar refractivity (Wildman–Crippen MR) is 49.0 cm³/mol. The van der Waals surface area contributed by atoms with E-state index in [1.807, 2.05) is 0 Å². The highest BCUT2D eigenvalue weighted by atomic mass is 79.9. The predicted octanol–water partition coefficient (Wildman–Crippen LogP) is 2.83. The molecular formula is C8H3BrF2O5. The van der Waals surface area contributed by atoms with Crippen LogP contribution in [0.15, 0.2) is 16.6 Å². The van der Waals surface area contributed by atoms with Gasteiger partial charge in [-0.1, -0.05) is 0 Å². The molecule has 1 aromatic carbocycles. The lowest BCUT2D eigenvalue weighted by molar-refractivity contribution is -0.286. The Morgan fingerprint density at radius 1 is 1.38 bits per heavy atom. The van der Waals surface area contributed by atoms with E-state index in [0.29, 0.717) is 0 Å². The van der Waals surface area contributed by atoms with Crippen LogP contribution in [0.4, 0.5) is 13.6 Å². The molecule has 0 unspecified atom stereocenters. The largest absolute Gasteiger partial charge is 0.586 e. The molecule has 0 amide bonds. The molecular weight excluding hydrogens is 294 g/mol. The first kappa shape index (κ1) is 10.9. The highest BCUT2D eigenvalue weighted by molar-refractivity contribution is 9.10. The summed E-state index contributed by atoms with van der Waals surface area (Å²) < 4.78 is 38.1. The van der Waals surface area contributed by atoms with Crippen LogP contribution in [-0.2, 0) is 0 Å². The molecule has 0 bridgehead atoms. The van der Waals surface area contributed by atoms with E-state index < -0.39 is 12.5 Å². The molecule has 0 aromatic heterocycles. The van der Waals surface area contributed by atoms with E-state index >= 15 is 0 Å². The Balaban J connectivity index is 2.37. The molecule has 0 aliphatic carbocycles. The number of hydrogen-bond donors (Lipinski definition) is 1. The molecule has 5 nitrogen and oxygen atoms in total. The third-order valence-corrected chi connectivity index (χ3v) is 2.27. The summed E-state index contributed by atoms with van der Waals surface area (Å²) in [5.41, 5.74) is 0. The summed E-state index contributed by atoms with van der Waals surface area (Å²) in [5, 5.41) is 8.38. The van der Waals surface area contributed by atoms with Gasteiger partial charge in [0.15, 0.2) is 17.2 Å². The second kappa shape index (κ2) is 3.48. The molecule has 1 aromatic rings. The fraction of sp³-hybridized carbons (Fsp3) is 0.125. The Labute approximate surface area is 95.7 Å². The van der Waals surface area contributed by atoms with Gasteiger partial charge in [-0.3, -0.25) is 0 Å². The average molecular weight is 297 g/mol. The van der Waals surface area contributed by atoms with Crippen molar-refractivity contribution in [1.29, 1.82) is 0 Å². The summed E-state index contributed by atoms with van der Waals surface area (Å²) in [7, 11) is 0. The summed E-state index contributed by atoms with van der Waals surface area (Å²) >= 11 is 2.95. The second-order valence-electron chi connectivity index (χ2n) is 2.76. The molecule has 1 aliphatic rings. The van der Waals surface area contributed by atoms with Crippen molar-refractivity contribution in [1.82, 2.24) is 0 Å². The van der Waals surface area contributed by atoms with Gasteiger partial charge < -0.3 is 19.3 Å². The van der Waals surface area contributed by atoms with Gasteiger partial charge in [-0.15, -0.1) is 8.78 Å². The molecule has 0 atom stereocenters. The van der Waals surface area contributed by atoms with Crippen molar-refractivity contribution in [3.8, 4) is 17.2 Å². The number of fused-ring (bicyclic) bond motifs is 1. The van der Waals surface area contributed by atoms with Crippen LogP contribution < -0.4 is 14.2 Å². The van der Waals surface area contributed by atoms with Gasteiger partial charge in [0.25, 0.3) is 0 Å². The first-order valence-corrected chi connectivity index (χ1v) is 4.67. The first-order valence-electron chi connectivity index (χ1n) is 3.87. The molecule has 1 aliphatic heterocycles. The smallest absolute Gasteiger partial charge is 0.449 e. The van der Waals surface area contributed by atoms with E-state index in [2.05, 4.69) is 30.1 Å². The van der Waals surface area contributed by atoms with Crippen molar-refractivity contribution in [3.63, 3.8) is 0 Å². The average Bonchev–Trinajstić information content (AvgIpc) is 2.38. The maximum Gasteiger partial charge on any atom is 0.586 e. The molecule has 0 fully saturated rings. The van der Waals surface area contributed by atoms with Crippen LogP contribution in [0.2, 0.25) is 0 Å². The van der Waals surface area contributed by atoms with Crippen LogP contribution in [-0.4, -0.2) is 17.6 Å². The Hall–Kier alpha value is -1.57. The molecule has 0 spiro atoms. The molecule has 0 radical (unpaired) electrons. The number of carbonyl (C=O) groups is 1. The van der Waals surface area contributed by atoms with E-state index in [4.69, 9.17) is 5.11 Å². The summed E-state index contributed by atoms with van der Waals surface area (Å²) in [6.07, 6.45) is -5.31. The number of alkyl halides is 2. The molecule has 16 heavy (non-hydrogen) atoms. The number of halogens is 3. The standard InChI is InChI=1S/C8H3BrF2O5/c9-3-1-5-6(16-8(10,11)15-5)2-4(3)14-7(12)13/h1-2H,(H,12,13). The Morgan fingerprint density at radius 3 is 2.50 bits per heavy atom. The van der Waals surface area contributed by atoms with Gasteiger partial charge in [0.05, 0.1) is 4.47 Å². The minimum Gasteiger partial charge on any atom is -0.449 e. The zero-order valence-corrected chi connectivity index (χ0v) is 8.95. The lowest BCUT2D eigenvalue weighted by Crippen LogP contribution is -2.25. The van der Waals surface area contributed by atoms with Crippen molar-refractivity contribution < 1.29 is 32.9 Å². The number of benzene rings is 1. The molecule has 86 valence electrons. The van der Waals surface area contributed by atoms with Crippen LogP contribution in [0.25, 0.3) is 0 Å². The lowest BCUT2D eigenvalue weighted by atomic mass is 10.3. The zero-order valence-electron chi connectivity index (χ0n) is 7.37. The minimum atomic E-state index is -3.75. The zero-order chi connectivity index (χ0) is 11.9. The van der Waals surface area contributed by atoms with Gasteiger partial charge in [0, 0.05) is 12.1 Å². The molecule has 1 N–H and O–H groups in total. The quantitative estimate of drug-likeness (QED) is 0.638. The Kier molecular flexibility index (Phi) is 2.38. The van der Waals surface area contributed by atoms with Crippen LogP contribution in [0.5, 0.6) is 17.2 Å². The van der Waals surface area contributed by atoms with Crippen LogP contribution >= 0.6 is 15.9 Å². The number of hydrogen-bond acceptors (Lipinski definition) is 4.